The van der Waals surface area contributed by atoms with Crippen molar-refractivity contribution in [3.05, 3.63) is 23.3 Å². The Hall–Kier alpha value is -2.08. The molecule has 26 heavy (non-hydrogen) atoms. The highest BCUT2D eigenvalue weighted by molar-refractivity contribution is 5.89. The van der Waals surface area contributed by atoms with Gasteiger partial charge in [-0.3, -0.25) is 9.59 Å². The first-order valence-corrected chi connectivity index (χ1v) is 9.19. The lowest BCUT2D eigenvalue weighted by Crippen LogP contribution is -2.65. The summed E-state index contributed by atoms with van der Waals surface area (Å²) in [4.78, 5) is 24.1. The van der Waals surface area contributed by atoms with Gasteiger partial charge in [0.25, 0.3) is 5.97 Å². The second kappa shape index (κ2) is 5.98. The first kappa shape index (κ1) is 17.3. The molecule has 5 rings (SSSR count). The smallest absolute Gasteiger partial charge is 0.300 e. The Bertz CT molecular complexity index is 772. The number of methoxy groups -OCH3 is 1. The number of nitrogens with zero attached hydrogens (tertiary/aromatic N) is 1. The molecule has 1 saturated carbocycles. The number of Topliss-reactive ketones (excluding diaryl/α,β-unsaturated/α-hetero) is 1. The Morgan fingerprint density at radius 1 is 1.42 bits per heavy atom. The van der Waals surface area contributed by atoms with Crippen LogP contribution in [0.25, 0.3) is 0 Å². The number of rotatable bonds is 1. The predicted molar refractivity (Wildman–Crippen MR) is 94.9 cm³/mol. The molecule has 0 aromatic heterocycles. The second-order valence-electron chi connectivity index (χ2n) is 7.80. The van der Waals surface area contributed by atoms with Crippen molar-refractivity contribution >= 4 is 11.8 Å². The molecule has 1 spiro atoms. The highest BCUT2D eigenvalue weighted by atomic mass is 16.5. The Morgan fingerprint density at radius 2 is 2.15 bits per heavy atom. The number of hydrogen-bond acceptors (Lipinski definition) is 5. The zero-order valence-electron chi connectivity index (χ0n) is 15.4. The number of ketones is 1. The molecule has 2 bridgehead atoms. The quantitative estimate of drug-likeness (QED) is 0.827. The zero-order chi connectivity index (χ0) is 18.6. The Balaban J connectivity index is 0.000000385. The van der Waals surface area contributed by atoms with Crippen LogP contribution in [0.3, 0.4) is 0 Å². The molecule has 0 radical (unpaired) electrons. The normalized spacial score (nSPS) is 33.5. The van der Waals surface area contributed by atoms with E-state index in [4.69, 9.17) is 19.4 Å². The molecule has 2 heterocycles. The summed E-state index contributed by atoms with van der Waals surface area (Å²) < 4.78 is 11.8. The molecule has 4 aliphatic rings. The number of ether oxygens (including phenoxy) is 2. The van der Waals surface area contributed by atoms with Crippen LogP contribution in [-0.2, 0) is 21.4 Å². The van der Waals surface area contributed by atoms with E-state index in [1.54, 1.807) is 7.11 Å². The van der Waals surface area contributed by atoms with Crippen LogP contribution in [0.15, 0.2) is 12.1 Å². The summed E-state index contributed by atoms with van der Waals surface area (Å²) in [7, 11) is 3.91. The number of benzene rings is 1. The fraction of sp³-hybridized carbons (Fsp3) is 0.600. The first-order valence-electron chi connectivity index (χ1n) is 9.19. The van der Waals surface area contributed by atoms with E-state index in [0.29, 0.717) is 18.4 Å². The summed E-state index contributed by atoms with van der Waals surface area (Å²) in [6, 6.07) is 4.73. The van der Waals surface area contributed by atoms with Gasteiger partial charge in [0.15, 0.2) is 23.4 Å². The van der Waals surface area contributed by atoms with Gasteiger partial charge in [0.1, 0.15) is 0 Å². The van der Waals surface area contributed by atoms with Crippen molar-refractivity contribution < 1.29 is 24.2 Å². The number of carboxylic acid groups (broad SMARTS) is 1. The van der Waals surface area contributed by atoms with Crippen molar-refractivity contribution in [1.29, 1.82) is 0 Å². The molecule has 2 aliphatic carbocycles. The summed E-state index contributed by atoms with van der Waals surface area (Å²) in [5, 5.41) is 7.42. The van der Waals surface area contributed by atoms with Crippen LogP contribution in [-0.4, -0.2) is 54.6 Å². The third kappa shape index (κ3) is 2.21. The largest absolute Gasteiger partial charge is 0.493 e. The molecule has 1 aromatic carbocycles. The fourth-order valence-corrected chi connectivity index (χ4v) is 5.67. The molecule has 1 aromatic rings. The molecule has 2 fully saturated rings. The van der Waals surface area contributed by atoms with Crippen molar-refractivity contribution in [3.8, 4) is 11.5 Å². The minimum atomic E-state index is -0.833. The van der Waals surface area contributed by atoms with Crippen molar-refractivity contribution in [2.75, 3.05) is 20.7 Å². The maximum absolute atomic E-state index is 12.6. The van der Waals surface area contributed by atoms with Crippen LogP contribution in [0.5, 0.6) is 11.5 Å². The molecular weight excluding hydrogens is 334 g/mol. The van der Waals surface area contributed by atoms with E-state index in [1.165, 1.54) is 11.1 Å². The van der Waals surface area contributed by atoms with Crippen LogP contribution in [0.2, 0.25) is 0 Å². The van der Waals surface area contributed by atoms with Crippen LogP contribution in [0.1, 0.15) is 37.3 Å². The minimum Gasteiger partial charge on any atom is -0.493 e. The van der Waals surface area contributed by atoms with Gasteiger partial charge >= 0.3 is 0 Å². The van der Waals surface area contributed by atoms with Crippen molar-refractivity contribution in [3.63, 3.8) is 0 Å². The van der Waals surface area contributed by atoms with Crippen molar-refractivity contribution in [2.45, 2.75) is 50.2 Å². The van der Waals surface area contributed by atoms with Gasteiger partial charge in [0.2, 0.25) is 0 Å². The third-order valence-corrected chi connectivity index (χ3v) is 6.59. The van der Waals surface area contributed by atoms with Gasteiger partial charge in [-0.1, -0.05) is 6.07 Å². The Labute approximate surface area is 153 Å². The molecule has 2 aliphatic heterocycles. The third-order valence-electron chi connectivity index (χ3n) is 6.59. The molecule has 140 valence electrons. The summed E-state index contributed by atoms with van der Waals surface area (Å²) in [6.07, 6.45) is 3.47. The maximum Gasteiger partial charge on any atom is 0.300 e. The fourth-order valence-electron chi connectivity index (χ4n) is 5.67. The number of carbonyl (C=O) groups is 2. The second-order valence-corrected chi connectivity index (χ2v) is 7.80. The molecule has 0 amide bonds. The van der Waals surface area contributed by atoms with Gasteiger partial charge in [-0.15, -0.1) is 0 Å². The molecule has 0 unspecified atom stereocenters. The number of aliphatic carboxylic acids is 1. The van der Waals surface area contributed by atoms with Gasteiger partial charge in [-0.2, -0.15) is 0 Å². The highest BCUT2D eigenvalue weighted by Crippen LogP contribution is 2.62. The Morgan fingerprint density at radius 3 is 2.85 bits per heavy atom. The van der Waals surface area contributed by atoms with E-state index >= 15 is 0 Å². The van der Waals surface area contributed by atoms with Crippen molar-refractivity contribution in [1.82, 2.24) is 4.90 Å². The highest BCUT2D eigenvalue weighted by Gasteiger charge is 2.65. The van der Waals surface area contributed by atoms with Crippen LogP contribution < -0.4 is 9.47 Å². The number of piperidine rings is 1. The van der Waals surface area contributed by atoms with Gasteiger partial charge in [-0.05, 0) is 50.4 Å². The maximum atomic E-state index is 12.6. The minimum absolute atomic E-state index is 0.0933. The number of likely N-dealkylation sites (N-methyl/N-ethyl adjacent to an activating group) is 1. The summed E-state index contributed by atoms with van der Waals surface area (Å²) in [6.45, 7) is 2.13. The first-order chi connectivity index (χ1) is 12.4. The standard InChI is InChI=1S/C18H21NO3.C2H4O2/c1-19-8-7-18-11-4-5-13(20)17(18)22-16-14(21-2)6-3-10(15(16)18)9-12(11)19;1-2(3)4/h3,6,11-12,17H,4-5,7-9H2,1-2H3;1H3,(H,3,4)/t11-,12+,17-,18-;/m0./s1. The van der Waals surface area contributed by atoms with E-state index in [-0.39, 0.29) is 17.3 Å². The SMILES string of the molecule is CC(=O)O.COc1ccc2c3c1O[C@H]1C(=O)CC[C@H]4[C@@H](C2)N(C)CC[C@]314. The summed E-state index contributed by atoms with van der Waals surface area (Å²) in [5.41, 5.74) is 2.57. The van der Waals surface area contributed by atoms with Gasteiger partial charge in [0, 0.05) is 30.4 Å². The molecule has 6 nitrogen and oxygen atoms in total. The lowest BCUT2D eigenvalue weighted by atomic mass is 9.52. The zero-order valence-corrected chi connectivity index (χ0v) is 15.4. The lowest BCUT2D eigenvalue weighted by Gasteiger charge is -2.57. The van der Waals surface area contributed by atoms with Crippen LogP contribution in [0, 0.1) is 5.92 Å². The van der Waals surface area contributed by atoms with E-state index in [0.717, 1.165) is 44.2 Å². The Kier molecular flexibility index (Phi) is 3.99. The number of carbonyl (C=O) groups excluding carboxylic acids is 1. The van der Waals surface area contributed by atoms with E-state index in [2.05, 4.69) is 18.0 Å². The monoisotopic (exact) mass is 359 g/mol. The van der Waals surface area contributed by atoms with Crippen LogP contribution in [0.4, 0.5) is 0 Å². The molecule has 1 saturated heterocycles. The average Bonchev–Trinajstić information content (AvgIpc) is 2.94. The summed E-state index contributed by atoms with van der Waals surface area (Å²) in [5.74, 6) is 1.63. The lowest BCUT2D eigenvalue weighted by molar-refractivity contribution is -0.138. The van der Waals surface area contributed by atoms with Gasteiger partial charge in [0.05, 0.1) is 7.11 Å². The van der Waals surface area contributed by atoms with Crippen LogP contribution >= 0.6 is 0 Å². The number of hydrogen-bond donors (Lipinski definition) is 1. The van der Waals surface area contributed by atoms with E-state index in [1.807, 2.05) is 6.07 Å². The van der Waals surface area contributed by atoms with Gasteiger partial charge < -0.3 is 19.5 Å². The molecule has 6 heteroatoms. The number of carboxylic acids is 1. The molecule has 4 atom stereocenters. The van der Waals surface area contributed by atoms with Crippen molar-refractivity contribution in [2.24, 2.45) is 5.92 Å². The van der Waals surface area contributed by atoms with Gasteiger partial charge in [-0.25, -0.2) is 0 Å². The van der Waals surface area contributed by atoms with E-state index in [9.17, 15) is 4.79 Å². The van der Waals surface area contributed by atoms with E-state index < -0.39 is 5.97 Å². The topological polar surface area (TPSA) is 76.1 Å². The summed E-state index contributed by atoms with van der Waals surface area (Å²) >= 11 is 0. The predicted octanol–water partition coefficient (Wildman–Crippen LogP) is 2.02. The molecular formula is C20H25NO5. The molecule has 1 N–H and O–H groups in total. The average molecular weight is 359 g/mol. The number of likely N-dealkylation sites (tertiary alicyclic amines) is 1.